The van der Waals surface area contributed by atoms with Gasteiger partial charge >= 0.3 is 12.1 Å². The normalized spacial score (nSPS) is 17.3. The van der Waals surface area contributed by atoms with Crippen LogP contribution in [-0.2, 0) is 6.18 Å². The summed E-state index contributed by atoms with van der Waals surface area (Å²) in [4.78, 5) is 20.5. The average Bonchev–Trinajstić information content (AvgIpc) is 3.39. The predicted molar refractivity (Wildman–Crippen MR) is 88.7 cm³/mol. The minimum Gasteiger partial charge on any atom is -0.357 e. The van der Waals surface area contributed by atoms with Gasteiger partial charge in [0.2, 0.25) is 0 Å². The number of alkyl halides is 3. The first kappa shape index (κ1) is 18.2. The van der Waals surface area contributed by atoms with Gasteiger partial charge in [0.25, 0.3) is 5.91 Å². The Bertz CT molecular complexity index is 994. The molecule has 4 rings (SSSR count). The molecule has 3 aromatic rings. The van der Waals surface area contributed by atoms with Crippen molar-refractivity contribution in [3.05, 3.63) is 59.8 Å². The predicted octanol–water partition coefficient (Wildman–Crippen LogP) is 3.85. The lowest BCUT2D eigenvalue weighted by Gasteiger charge is -2.14. The second-order valence-corrected chi connectivity index (χ2v) is 6.50. The van der Waals surface area contributed by atoms with Crippen molar-refractivity contribution in [1.29, 1.82) is 0 Å². The summed E-state index contributed by atoms with van der Waals surface area (Å²) in [7, 11) is 0. The number of H-pyrrole nitrogens is 1. The fraction of sp³-hybridized carbons (Fsp3) is 0.278. The van der Waals surface area contributed by atoms with Gasteiger partial charge in [-0.25, -0.2) is 4.39 Å². The van der Waals surface area contributed by atoms with Crippen molar-refractivity contribution in [2.24, 2.45) is 0 Å². The standard InChI is InChI=1S/C18H14F4N4O2/c19-13-3-1-10(2-4-13)12-7-14(23-8-12)16(27)26-6-5-11(9-26)15-24-17(28-25-15)18(20,21)22/h1-4,7-8,11,23H,5-6,9H2/t11-/m1/s1. The summed E-state index contributed by atoms with van der Waals surface area (Å²) < 4.78 is 55.1. The molecule has 1 amide bonds. The van der Waals surface area contributed by atoms with E-state index in [1.807, 2.05) is 0 Å². The summed E-state index contributed by atoms with van der Waals surface area (Å²) in [6.07, 6.45) is -2.61. The van der Waals surface area contributed by atoms with E-state index in [0.717, 1.165) is 11.1 Å². The van der Waals surface area contributed by atoms with Crippen LogP contribution < -0.4 is 0 Å². The first-order chi connectivity index (χ1) is 13.3. The number of carbonyl (C=O) groups is 1. The summed E-state index contributed by atoms with van der Waals surface area (Å²) >= 11 is 0. The van der Waals surface area contributed by atoms with Crippen molar-refractivity contribution in [1.82, 2.24) is 20.0 Å². The van der Waals surface area contributed by atoms with Gasteiger partial charge in [-0.1, -0.05) is 17.3 Å². The third-order valence-corrected chi connectivity index (χ3v) is 4.62. The van der Waals surface area contributed by atoms with Gasteiger partial charge in [-0.05, 0) is 35.7 Å². The van der Waals surface area contributed by atoms with Crippen LogP contribution in [-0.4, -0.2) is 39.0 Å². The molecule has 1 N–H and O–H groups in total. The first-order valence-corrected chi connectivity index (χ1v) is 8.45. The monoisotopic (exact) mass is 394 g/mol. The molecule has 1 aromatic carbocycles. The Hall–Kier alpha value is -3.17. The second-order valence-electron chi connectivity index (χ2n) is 6.50. The molecule has 1 aliphatic rings. The Labute approximate surface area is 156 Å². The molecule has 28 heavy (non-hydrogen) atoms. The summed E-state index contributed by atoms with van der Waals surface area (Å²) in [5.74, 6) is -2.50. The number of benzene rings is 1. The number of likely N-dealkylation sites (tertiary alicyclic amines) is 1. The van der Waals surface area contributed by atoms with Gasteiger partial charge < -0.3 is 14.4 Å². The molecule has 3 heterocycles. The fourth-order valence-electron chi connectivity index (χ4n) is 3.17. The lowest BCUT2D eigenvalue weighted by atomic mass is 10.1. The van der Waals surface area contributed by atoms with E-state index in [1.165, 1.54) is 17.0 Å². The smallest absolute Gasteiger partial charge is 0.357 e. The molecule has 2 aromatic heterocycles. The number of hydrogen-bond donors (Lipinski definition) is 1. The van der Waals surface area contributed by atoms with Crippen LogP contribution in [0, 0.1) is 5.82 Å². The number of rotatable bonds is 3. The van der Waals surface area contributed by atoms with E-state index in [-0.39, 0.29) is 24.1 Å². The molecule has 6 nitrogen and oxygen atoms in total. The molecule has 1 atom stereocenters. The lowest BCUT2D eigenvalue weighted by Crippen LogP contribution is -2.28. The van der Waals surface area contributed by atoms with Crippen molar-refractivity contribution >= 4 is 5.91 Å². The van der Waals surface area contributed by atoms with Crippen molar-refractivity contribution < 1.29 is 26.9 Å². The minimum atomic E-state index is -4.69. The van der Waals surface area contributed by atoms with Crippen LogP contribution in [0.2, 0.25) is 0 Å². The molecule has 0 spiro atoms. The number of carbonyl (C=O) groups excluding carboxylic acids is 1. The largest absolute Gasteiger partial charge is 0.471 e. The molecule has 1 saturated heterocycles. The highest BCUT2D eigenvalue weighted by molar-refractivity contribution is 5.94. The van der Waals surface area contributed by atoms with E-state index in [0.29, 0.717) is 18.7 Å². The Morgan fingerprint density at radius 3 is 2.64 bits per heavy atom. The number of hydrogen-bond acceptors (Lipinski definition) is 4. The van der Waals surface area contributed by atoms with Crippen LogP contribution in [0.1, 0.15) is 34.5 Å². The van der Waals surface area contributed by atoms with Crippen molar-refractivity contribution in [2.45, 2.75) is 18.5 Å². The van der Waals surface area contributed by atoms with Gasteiger partial charge in [-0.3, -0.25) is 4.79 Å². The Kier molecular flexibility index (Phi) is 4.40. The van der Waals surface area contributed by atoms with Crippen molar-refractivity contribution in [3.63, 3.8) is 0 Å². The third kappa shape index (κ3) is 3.49. The first-order valence-electron chi connectivity index (χ1n) is 8.45. The van der Waals surface area contributed by atoms with Crippen LogP contribution >= 0.6 is 0 Å². The van der Waals surface area contributed by atoms with Gasteiger partial charge in [0.05, 0.1) is 0 Å². The van der Waals surface area contributed by atoms with E-state index < -0.39 is 18.0 Å². The van der Waals surface area contributed by atoms with E-state index >= 15 is 0 Å². The molecular formula is C18H14F4N4O2. The number of halogens is 4. The fourth-order valence-corrected chi connectivity index (χ4v) is 3.17. The molecule has 0 unspecified atom stereocenters. The quantitative estimate of drug-likeness (QED) is 0.685. The topological polar surface area (TPSA) is 75.0 Å². The minimum absolute atomic E-state index is 0.0545. The maximum atomic E-state index is 13.0. The molecule has 0 aliphatic carbocycles. The van der Waals surface area contributed by atoms with Gasteiger partial charge in [0.15, 0.2) is 5.82 Å². The van der Waals surface area contributed by atoms with E-state index in [1.54, 1.807) is 24.4 Å². The highest BCUT2D eigenvalue weighted by Gasteiger charge is 2.40. The van der Waals surface area contributed by atoms with Crippen molar-refractivity contribution in [3.8, 4) is 11.1 Å². The van der Waals surface area contributed by atoms with E-state index in [9.17, 15) is 22.4 Å². The SMILES string of the molecule is O=C(c1cc(-c2ccc(F)cc2)c[nH]1)N1CC[C@@H](c2noc(C(F)(F)F)n2)C1. The molecule has 0 bridgehead atoms. The Morgan fingerprint density at radius 2 is 1.96 bits per heavy atom. The summed E-state index contributed by atoms with van der Waals surface area (Å²) in [6, 6.07) is 7.52. The van der Waals surface area contributed by atoms with Crippen LogP contribution in [0.4, 0.5) is 17.6 Å². The maximum Gasteiger partial charge on any atom is 0.471 e. The molecule has 10 heteroatoms. The zero-order chi connectivity index (χ0) is 19.9. The summed E-state index contributed by atoms with van der Waals surface area (Å²) in [5.41, 5.74) is 1.82. The van der Waals surface area contributed by atoms with Crippen LogP contribution in [0.5, 0.6) is 0 Å². The number of aromatic nitrogens is 3. The van der Waals surface area contributed by atoms with E-state index in [2.05, 4.69) is 19.6 Å². The zero-order valence-electron chi connectivity index (χ0n) is 14.3. The Morgan fingerprint density at radius 1 is 1.21 bits per heavy atom. The summed E-state index contributed by atoms with van der Waals surface area (Å²) in [6.45, 7) is 0.560. The molecule has 1 aliphatic heterocycles. The van der Waals surface area contributed by atoms with E-state index in [4.69, 9.17) is 0 Å². The second kappa shape index (κ2) is 6.77. The molecular weight excluding hydrogens is 380 g/mol. The van der Waals surface area contributed by atoms with Gasteiger partial charge in [0.1, 0.15) is 11.5 Å². The highest BCUT2D eigenvalue weighted by atomic mass is 19.4. The molecule has 0 saturated carbocycles. The summed E-state index contributed by atoms with van der Waals surface area (Å²) in [5, 5.41) is 3.40. The van der Waals surface area contributed by atoms with Crippen LogP contribution in [0.15, 0.2) is 41.1 Å². The number of nitrogens with one attached hydrogen (secondary N) is 1. The lowest BCUT2D eigenvalue weighted by molar-refractivity contribution is -0.159. The number of amides is 1. The number of aromatic amines is 1. The molecule has 1 fully saturated rings. The van der Waals surface area contributed by atoms with Gasteiger partial charge in [-0.2, -0.15) is 18.2 Å². The van der Waals surface area contributed by atoms with Crippen LogP contribution in [0.25, 0.3) is 11.1 Å². The zero-order valence-corrected chi connectivity index (χ0v) is 14.3. The maximum absolute atomic E-state index is 13.0. The average molecular weight is 394 g/mol. The number of nitrogens with zero attached hydrogens (tertiary/aromatic N) is 3. The molecule has 146 valence electrons. The highest BCUT2D eigenvalue weighted by Crippen LogP contribution is 2.31. The van der Waals surface area contributed by atoms with Crippen molar-refractivity contribution in [2.75, 3.05) is 13.1 Å². The molecule has 0 radical (unpaired) electrons. The van der Waals surface area contributed by atoms with Gasteiger partial charge in [-0.15, -0.1) is 0 Å². The van der Waals surface area contributed by atoms with Crippen LogP contribution in [0.3, 0.4) is 0 Å². The Balaban J connectivity index is 1.45. The third-order valence-electron chi connectivity index (χ3n) is 4.62. The van der Waals surface area contributed by atoms with Gasteiger partial charge in [0, 0.05) is 25.2 Å².